The fraction of sp³-hybridized carbons (Fsp3) is 0.615. The van der Waals surface area contributed by atoms with E-state index in [1.165, 1.54) is 0 Å². The molecule has 3 aliphatic rings. The maximum Gasteiger partial charge on any atom is 0.247 e. The number of aliphatic hydroxyl groups is 2. The molecule has 0 saturated heterocycles. The number of benzene rings is 1. The van der Waals surface area contributed by atoms with Gasteiger partial charge < -0.3 is 25.2 Å². The molecule has 180 valence electrons. The second-order valence-electron chi connectivity index (χ2n) is 9.88. The summed E-state index contributed by atoms with van der Waals surface area (Å²) in [6, 6.07) is 6.89. The maximum atomic E-state index is 13.6. The Morgan fingerprint density at radius 3 is 2.64 bits per heavy atom. The summed E-state index contributed by atoms with van der Waals surface area (Å²) in [5.74, 6) is 0.388. The Bertz CT molecular complexity index is 892. The van der Waals surface area contributed by atoms with Crippen molar-refractivity contribution in [3.63, 3.8) is 0 Å². The van der Waals surface area contributed by atoms with Gasteiger partial charge in [-0.3, -0.25) is 9.59 Å². The van der Waals surface area contributed by atoms with E-state index >= 15 is 0 Å². The molecule has 3 N–H and O–H groups in total. The predicted octanol–water partition coefficient (Wildman–Crippen LogP) is 2.37. The minimum absolute atomic E-state index is 0.0242. The van der Waals surface area contributed by atoms with Crippen LogP contribution in [0.2, 0.25) is 0 Å². The highest BCUT2D eigenvalue weighted by molar-refractivity contribution is 5.96. The average molecular weight is 457 g/mol. The molecule has 0 radical (unpaired) electrons. The Hall–Kier alpha value is -2.38. The van der Waals surface area contributed by atoms with Crippen LogP contribution in [-0.4, -0.2) is 64.9 Å². The molecule has 33 heavy (non-hydrogen) atoms. The first-order chi connectivity index (χ1) is 15.9. The first-order valence-corrected chi connectivity index (χ1v) is 12.3. The van der Waals surface area contributed by atoms with E-state index in [1.807, 2.05) is 24.3 Å². The number of carbonyl (C=O) groups is 2. The second kappa shape index (κ2) is 10.3. The molecule has 1 saturated carbocycles. The van der Waals surface area contributed by atoms with Crippen molar-refractivity contribution in [2.75, 3.05) is 19.7 Å². The molecule has 2 aliphatic carbocycles. The predicted molar refractivity (Wildman–Crippen MR) is 125 cm³/mol. The molecule has 1 aromatic rings. The van der Waals surface area contributed by atoms with Crippen LogP contribution in [0.4, 0.5) is 0 Å². The number of ether oxygens (including phenoxy) is 1. The van der Waals surface area contributed by atoms with Crippen molar-refractivity contribution in [3.05, 3.63) is 41.5 Å². The minimum atomic E-state index is -0.950. The van der Waals surface area contributed by atoms with Crippen LogP contribution in [0.1, 0.15) is 57.4 Å². The van der Waals surface area contributed by atoms with Crippen LogP contribution in [-0.2, 0) is 9.59 Å². The second-order valence-corrected chi connectivity index (χ2v) is 9.88. The summed E-state index contributed by atoms with van der Waals surface area (Å²) in [6.45, 7) is 4.74. The van der Waals surface area contributed by atoms with Crippen LogP contribution in [0.25, 0.3) is 0 Å². The summed E-state index contributed by atoms with van der Waals surface area (Å²) in [5, 5.41) is 23.4. The molecule has 2 amide bonds. The van der Waals surface area contributed by atoms with Crippen molar-refractivity contribution >= 4 is 11.8 Å². The Morgan fingerprint density at radius 2 is 1.94 bits per heavy atom. The number of aliphatic hydroxyl groups excluding tert-OH is 2. The Labute approximate surface area is 195 Å². The zero-order chi connectivity index (χ0) is 23.5. The fourth-order valence-electron chi connectivity index (χ4n) is 5.40. The molecule has 1 heterocycles. The summed E-state index contributed by atoms with van der Waals surface area (Å²) < 4.78 is 6.16. The van der Waals surface area contributed by atoms with E-state index in [0.29, 0.717) is 23.8 Å². The highest BCUT2D eigenvalue weighted by Crippen LogP contribution is 2.47. The molecule has 1 aromatic carbocycles. The van der Waals surface area contributed by atoms with Crippen LogP contribution in [0, 0.1) is 11.8 Å². The van der Waals surface area contributed by atoms with E-state index in [4.69, 9.17) is 4.74 Å². The third kappa shape index (κ3) is 4.80. The molecule has 0 bridgehead atoms. The zero-order valence-electron chi connectivity index (χ0n) is 19.6. The number of hydrogen-bond donors (Lipinski definition) is 3. The fourth-order valence-corrected chi connectivity index (χ4v) is 5.40. The number of fused-ring (bicyclic) bond motifs is 3. The molecule has 4 atom stereocenters. The molecule has 0 spiro atoms. The van der Waals surface area contributed by atoms with Crippen LogP contribution < -0.4 is 10.1 Å². The lowest BCUT2D eigenvalue weighted by atomic mass is 9.77. The van der Waals surface area contributed by atoms with E-state index in [2.05, 4.69) is 19.2 Å². The van der Waals surface area contributed by atoms with E-state index in [1.54, 1.807) is 11.0 Å². The van der Waals surface area contributed by atoms with Gasteiger partial charge in [0.25, 0.3) is 0 Å². The van der Waals surface area contributed by atoms with E-state index in [0.717, 1.165) is 37.7 Å². The van der Waals surface area contributed by atoms with Crippen molar-refractivity contribution in [1.82, 2.24) is 10.2 Å². The Balaban J connectivity index is 1.71. The lowest BCUT2D eigenvalue weighted by Gasteiger charge is -2.41. The van der Waals surface area contributed by atoms with E-state index in [9.17, 15) is 19.8 Å². The van der Waals surface area contributed by atoms with Gasteiger partial charge in [0.05, 0.1) is 18.6 Å². The standard InChI is InChI=1S/C26H36N2O5/c1-16(2)11-13-28(26(32)17-7-3-4-8-17)20-15-19(25(31)27-12-14-29)22-18-9-5-6-10-21(18)33-24(22)23(20)30/h5-6,9-10,15-17,20,22-24,29-30H,3-4,7-8,11-14H2,1-2H3,(H,27,31). The Kier molecular flexibility index (Phi) is 7.39. The topological polar surface area (TPSA) is 99.1 Å². The molecule has 1 aliphatic heterocycles. The summed E-state index contributed by atoms with van der Waals surface area (Å²) in [4.78, 5) is 28.5. The van der Waals surface area contributed by atoms with Crippen LogP contribution in [0.15, 0.2) is 35.9 Å². The third-order valence-corrected chi connectivity index (χ3v) is 7.17. The third-order valence-electron chi connectivity index (χ3n) is 7.17. The monoisotopic (exact) mass is 456 g/mol. The number of carbonyl (C=O) groups excluding carboxylic acids is 2. The van der Waals surface area contributed by atoms with Crippen LogP contribution >= 0.6 is 0 Å². The van der Waals surface area contributed by atoms with Crippen molar-refractivity contribution in [3.8, 4) is 5.75 Å². The molecule has 7 heteroatoms. The first-order valence-electron chi connectivity index (χ1n) is 12.3. The number of amides is 2. The number of rotatable bonds is 8. The van der Waals surface area contributed by atoms with Gasteiger partial charge in [0.1, 0.15) is 18.0 Å². The van der Waals surface area contributed by atoms with Gasteiger partial charge >= 0.3 is 0 Å². The molecular formula is C26H36N2O5. The first kappa shape index (κ1) is 23.8. The van der Waals surface area contributed by atoms with E-state index < -0.39 is 24.2 Å². The Morgan fingerprint density at radius 1 is 1.21 bits per heavy atom. The minimum Gasteiger partial charge on any atom is -0.486 e. The van der Waals surface area contributed by atoms with Gasteiger partial charge in [-0.2, -0.15) is 0 Å². The van der Waals surface area contributed by atoms with Crippen molar-refractivity contribution < 1.29 is 24.5 Å². The lowest BCUT2D eigenvalue weighted by molar-refractivity contribution is -0.141. The molecule has 0 aromatic heterocycles. The summed E-state index contributed by atoms with van der Waals surface area (Å²) in [6.07, 6.45) is 4.85. The number of para-hydroxylation sites is 1. The SMILES string of the molecule is CC(C)CCN(C(=O)C1CCCC1)C1C=C(C(=O)NCCO)C2c3ccccc3OC2C1O. The maximum absolute atomic E-state index is 13.6. The summed E-state index contributed by atoms with van der Waals surface area (Å²) in [7, 11) is 0. The van der Waals surface area contributed by atoms with Gasteiger partial charge in [-0.05, 0) is 37.3 Å². The van der Waals surface area contributed by atoms with Crippen LogP contribution in [0.3, 0.4) is 0 Å². The van der Waals surface area contributed by atoms with Crippen molar-refractivity contribution in [2.45, 2.75) is 70.1 Å². The number of hydrogen-bond acceptors (Lipinski definition) is 5. The molecule has 1 fully saturated rings. The zero-order valence-corrected chi connectivity index (χ0v) is 19.6. The van der Waals surface area contributed by atoms with Crippen LogP contribution in [0.5, 0.6) is 5.75 Å². The van der Waals surface area contributed by atoms with Gasteiger partial charge in [0.2, 0.25) is 11.8 Å². The molecule has 4 rings (SSSR count). The van der Waals surface area contributed by atoms with Gasteiger partial charge in [0, 0.05) is 30.1 Å². The van der Waals surface area contributed by atoms with Crippen molar-refractivity contribution in [2.24, 2.45) is 11.8 Å². The number of nitrogens with zero attached hydrogens (tertiary/aromatic N) is 1. The highest BCUT2D eigenvalue weighted by Gasteiger charge is 2.50. The smallest absolute Gasteiger partial charge is 0.247 e. The van der Waals surface area contributed by atoms with E-state index in [-0.39, 0.29) is 30.9 Å². The molecule has 7 nitrogen and oxygen atoms in total. The molecule has 4 unspecified atom stereocenters. The summed E-state index contributed by atoms with van der Waals surface area (Å²) >= 11 is 0. The molecular weight excluding hydrogens is 420 g/mol. The largest absolute Gasteiger partial charge is 0.486 e. The van der Waals surface area contributed by atoms with Gasteiger partial charge in [-0.25, -0.2) is 0 Å². The number of nitrogens with one attached hydrogen (secondary N) is 1. The highest BCUT2D eigenvalue weighted by atomic mass is 16.5. The quantitative estimate of drug-likeness (QED) is 0.558. The summed E-state index contributed by atoms with van der Waals surface area (Å²) in [5.41, 5.74) is 1.35. The van der Waals surface area contributed by atoms with Gasteiger partial charge in [-0.15, -0.1) is 0 Å². The average Bonchev–Trinajstić information content (AvgIpc) is 3.47. The normalized spacial score (nSPS) is 26.4. The lowest BCUT2D eigenvalue weighted by Crippen LogP contribution is -2.57. The van der Waals surface area contributed by atoms with Crippen molar-refractivity contribution in [1.29, 1.82) is 0 Å². The van der Waals surface area contributed by atoms with Gasteiger partial charge in [0.15, 0.2) is 0 Å². The van der Waals surface area contributed by atoms with Gasteiger partial charge in [-0.1, -0.05) is 44.9 Å².